The minimum atomic E-state index is -0.750. The first-order chi connectivity index (χ1) is 13.5. The highest BCUT2D eigenvalue weighted by atomic mass is 35.5. The molecule has 5 N–H and O–H groups in total. The van der Waals surface area contributed by atoms with E-state index >= 15 is 0 Å². The normalized spacial score (nSPS) is 12.8. The van der Waals surface area contributed by atoms with Crippen LogP contribution in [0.1, 0.15) is 17.5 Å². The third-order valence-electron chi connectivity index (χ3n) is 4.33. The second kappa shape index (κ2) is 11.4. The highest BCUT2D eigenvalue weighted by molar-refractivity contribution is 6.30. The summed E-state index contributed by atoms with van der Waals surface area (Å²) >= 11 is 5.88. The number of nitrogens with two attached hydrogens (primary N) is 1. The molecule has 0 spiro atoms. The molecule has 0 aliphatic carbocycles. The fourth-order valence-corrected chi connectivity index (χ4v) is 2.84. The maximum Gasteiger partial charge on any atom is 0.242 e. The molecule has 0 fully saturated rings. The van der Waals surface area contributed by atoms with Crippen LogP contribution in [-0.2, 0) is 22.6 Å². The molecule has 7 heteroatoms. The average molecular weight is 403 g/mol. The van der Waals surface area contributed by atoms with Gasteiger partial charge in [0.2, 0.25) is 11.8 Å². The van der Waals surface area contributed by atoms with Crippen LogP contribution in [0.3, 0.4) is 0 Å². The van der Waals surface area contributed by atoms with E-state index in [0.29, 0.717) is 31.0 Å². The standard InChI is InChI=1S/C21H27ClN4O2/c1-24-12-11-19(21(28)25-14-16-5-3-2-4-6-16)26-20(27)18(23)13-15-7-9-17(22)10-8-15/h2-10,18-19,24H,11-14,23H2,1H3,(H,25,28)(H,26,27). The summed E-state index contributed by atoms with van der Waals surface area (Å²) in [5, 5.41) is 9.28. The van der Waals surface area contributed by atoms with Gasteiger partial charge in [0.15, 0.2) is 0 Å². The second-order valence-electron chi connectivity index (χ2n) is 6.59. The maximum absolute atomic E-state index is 12.6. The van der Waals surface area contributed by atoms with Crippen LogP contribution in [0.15, 0.2) is 54.6 Å². The van der Waals surface area contributed by atoms with Gasteiger partial charge in [-0.3, -0.25) is 9.59 Å². The van der Waals surface area contributed by atoms with E-state index in [2.05, 4.69) is 16.0 Å². The summed E-state index contributed by atoms with van der Waals surface area (Å²) in [5.74, 6) is -0.586. The number of hydrogen-bond acceptors (Lipinski definition) is 4. The van der Waals surface area contributed by atoms with Crippen molar-refractivity contribution in [3.05, 3.63) is 70.7 Å². The van der Waals surface area contributed by atoms with Gasteiger partial charge in [0, 0.05) is 11.6 Å². The third-order valence-corrected chi connectivity index (χ3v) is 4.58. The minimum absolute atomic E-state index is 0.230. The Kier molecular flexibility index (Phi) is 8.94. The molecule has 0 saturated carbocycles. The summed E-state index contributed by atoms with van der Waals surface area (Å²) in [7, 11) is 1.80. The lowest BCUT2D eigenvalue weighted by Crippen LogP contribution is -2.52. The van der Waals surface area contributed by atoms with Gasteiger partial charge in [0.1, 0.15) is 6.04 Å². The molecule has 0 heterocycles. The zero-order valence-electron chi connectivity index (χ0n) is 16.0. The number of hydrogen-bond donors (Lipinski definition) is 4. The fourth-order valence-electron chi connectivity index (χ4n) is 2.71. The van der Waals surface area contributed by atoms with Crippen LogP contribution in [0.4, 0.5) is 0 Å². The van der Waals surface area contributed by atoms with Crippen molar-refractivity contribution < 1.29 is 9.59 Å². The van der Waals surface area contributed by atoms with Gasteiger partial charge in [0.25, 0.3) is 0 Å². The van der Waals surface area contributed by atoms with Crippen molar-refractivity contribution in [3.63, 3.8) is 0 Å². The van der Waals surface area contributed by atoms with E-state index in [9.17, 15) is 9.59 Å². The van der Waals surface area contributed by atoms with Crippen molar-refractivity contribution in [2.45, 2.75) is 31.5 Å². The molecule has 0 aromatic heterocycles. The van der Waals surface area contributed by atoms with E-state index in [0.717, 1.165) is 11.1 Å². The lowest BCUT2D eigenvalue weighted by molar-refractivity contribution is -0.129. The zero-order chi connectivity index (χ0) is 20.4. The lowest BCUT2D eigenvalue weighted by Gasteiger charge is -2.21. The van der Waals surface area contributed by atoms with Gasteiger partial charge >= 0.3 is 0 Å². The number of benzene rings is 2. The van der Waals surface area contributed by atoms with Gasteiger partial charge in [-0.15, -0.1) is 0 Å². The number of carbonyl (C=O) groups excluding carboxylic acids is 2. The third kappa shape index (κ3) is 7.31. The van der Waals surface area contributed by atoms with Crippen molar-refractivity contribution >= 4 is 23.4 Å². The highest BCUT2D eigenvalue weighted by Gasteiger charge is 2.23. The van der Waals surface area contributed by atoms with Crippen molar-refractivity contribution in [1.82, 2.24) is 16.0 Å². The monoisotopic (exact) mass is 402 g/mol. The number of carbonyl (C=O) groups is 2. The summed E-state index contributed by atoms with van der Waals surface area (Å²) < 4.78 is 0. The second-order valence-corrected chi connectivity index (χ2v) is 7.03. The molecular formula is C21H27ClN4O2. The predicted octanol–water partition coefficient (Wildman–Crippen LogP) is 1.62. The molecule has 0 aliphatic heterocycles. The number of nitrogens with one attached hydrogen (secondary N) is 3. The molecule has 0 saturated heterocycles. The largest absolute Gasteiger partial charge is 0.350 e. The molecule has 2 aromatic rings. The number of rotatable bonds is 10. The van der Waals surface area contributed by atoms with Crippen LogP contribution in [0, 0.1) is 0 Å². The SMILES string of the molecule is CNCCC(NC(=O)C(N)Cc1ccc(Cl)cc1)C(=O)NCc1ccccc1. The molecular weight excluding hydrogens is 376 g/mol. The number of amides is 2. The van der Waals surface area contributed by atoms with Gasteiger partial charge in [0.05, 0.1) is 6.04 Å². The summed E-state index contributed by atoms with van der Waals surface area (Å²) in [6, 6.07) is 15.4. The zero-order valence-corrected chi connectivity index (χ0v) is 16.7. The molecule has 2 rings (SSSR count). The smallest absolute Gasteiger partial charge is 0.242 e. The topological polar surface area (TPSA) is 96.2 Å². The summed E-state index contributed by atoms with van der Waals surface area (Å²) in [6.45, 7) is 0.999. The Hall–Kier alpha value is -2.41. The van der Waals surface area contributed by atoms with Gasteiger partial charge in [-0.25, -0.2) is 0 Å². The molecule has 2 aromatic carbocycles. The molecule has 28 heavy (non-hydrogen) atoms. The number of halogens is 1. The molecule has 0 radical (unpaired) electrons. The Morgan fingerprint density at radius 3 is 2.32 bits per heavy atom. The van der Waals surface area contributed by atoms with Crippen LogP contribution >= 0.6 is 11.6 Å². The average Bonchev–Trinajstić information content (AvgIpc) is 2.71. The van der Waals surface area contributed by atoms with Gasteiger partial charge < -0.3 is 21.7 Å². The van der Waals surface area contributed by atoms with Crippen molar-refractivity contribution in [2.24, 2.45) is 5.73 Å². The van der Waals surface area contributed by atoms with Crippen molar-refractivity contribution in [1.29, 1.82) is 0 Å². The summed E-state index contributed by atoms with van der Waals surface area (Å²) in [6.07, 6.45) is 0.837. The fraction of sp³-hybridized carbons (Fsp3) is 0.333. The molecule has 2 unspecified atom stereocenters. The first kappa shape index (κ1) is 21.9. The maximum atomic E-state index is 12.6. The van der Waals surface area contributed by atoms with Crippen molar-refractivity contribution in [3.8, 4) is 0 Å². The molecule has 2 amide bonds. The Labute approximate surface area is 170 Å². The molecule has 6 nitrogen and oxygen atoms in total. The van der Waals surface area contributed by atoms with E-state index in [1.165, 1.54) is 0 Å². The quantitative estimate of drug-likeness (QED) is 0.485. The Balaban J connectivity index is 1.92. The summed E-state index contributed by atoms with van der Waals surface area (Å²) in [5.41, 5.74) is 7.94. The Morgan fingerprint density at radius 2 is 1.68 bits per heavy atom. The van der Waals surface area contributed by atoms with Crippen LogP contribution in [0.25, 0.3) is 0 Å². The Bertz CT molecular complexity index is 753. The van der Waals surface area contributed by atoms with E-state index in [1.54, 1.807) is 19.2 Å². The van der Waals surface area contributed by atoms with E-state index < -0.39 is 12.1 Å². The van der Waals surface area contributed by atoms with E-state index in [-0.39, 0.29) is 11.8 Å². The Morgan fingerprint density at radius 1 is 1.00 bits per heavy atom. The molecule has 0 bridgehead atoms. The molecule has 2 atom stereocenters. The van der Waals surface area contributed by atoms with Crippen LogP contribution in [-0.4, -0.2) is 37.5 Å². The molecule has 0 aliphatic rings. The van der Waals surface area contributed by atoms with Gasteiger partial charge in [-0.2, -0.15) is 0 Å². The van der Waals surface area contributed by atoms with Crippen LogP contribution in [0.5, 0.6) is 0 Å². The molecule has 150 valence electrons. The first-order valence-corrected chi connectivity index (χ1v) is 9.64. The highest BCUT2D eigenvalue weighted by Crippen LogP contribution is 2.11. The summed E-state index contributed by atoms with van der Waals surface area (Å²) in [4.78, 5) is 25.1. The first-order valence-electron chi connectivity index (χ1n) is 9.26. The predicted molar refractivity (Wildman–Crippen MR) is 112 cm³/mol. The van der Waals surface area contributed by atoms with Crippen LogP contribution in [0.2, 0.25) is 5.02 Å². The lowest BCUT2D eigenvalue weighted by atomic mass is 10.1. The van der Waals surface area contributed by atoms with Crippen molar-refractivity contribution in [2.75, 3.05) is 13.6 Å². The van der Waals surface area contributed by atoms with Crippen LogP contribution < -0.4 is 21.7 Å². The van der Waals surface area contributed by atoms with Gasteiger partial charge in [-0.1, -0.05) is 54.1 Å². The van der Waals surface area contributed by atoms with E-state index in [1.807, 2.05) is 42.5 Å². The minimum Gasteiger partial charge on any atom is -0.350 e. The van der Waals surface area contributed by atoms with E-state index in [4.69, 9.17) is 17.3 Å². The van der Waals surface area contributed by atoms with Gasteiger partial charge in [-0.05, 0) is 49.7 Å².